The fourth-order valence-electron chi connectivity index (χ4n) is 2.63. The van der Waals surface area contributed by atoms with Crippen LogP contribution in [-0.2, 0) is 16.7 Å². The van der Waals surface area contributed by atoms with Gasteiger partial charge in [0.25, 0.3) is 0 Å². The number of hydrogen-bond acceptors (Lipinski definition) is 2. The van der Waals surface area contributed by atoms with Crippen molar-refractivity contribution in [3.05, 3.63) is 35.4 Å². The summed E-state index contributed by atoms with van der Waals surface area (Å²) in [5, 5.41) is 0. The highest BCUT2D eigenvalue weighted by molar-refractivity contribution is 5.35. The lowest BCUT2D eigenvalue weighted by Gasteiger charge is -2.43. The molecule has 1 aromatic carbocycles. The molecule has 0 amide bonds. The molecular formula is C14H21NO. The highest BCUT2D eigenvalue weighted by Crippen LogP contribution is 2.34. The summed E-state index contributed by atoms with van der Waals surface area (Å²) in [6.45, 7) is 7.57. The first-order chi connectivity index (χ1) is 7.66. The standard InChI is InChI=1S/C14H21NO/c1-14(2)13-7-5-4-6-12(13)8-9-15(14)10-11-16-3/h4-7H,8-11H2,1-3H3. The van der Waals surface area contributed by atoms with E-state index in [1.165, 1.54) is 11.1 Å². The lowest BCUT2D eigenvalue weighted by atomic mass is 9.83. The van der Waals surface area contributed by atoms with Crippen LogP contribution in [0.15, 0.2) is 24.3 Å². The van der Waals surface area contributed by atoms with Gasteiger partial charge in [-0.1, -0.05) is 24.3 Å². The van der Waals surface area contributed by atoms with Gasteiger partial charge in [-0.2, -0.15) is 0 Å². The van der Waals surface area contributed by atoms with E-state index in [2.05, 4.69) is 43.0 Å². The van der Waals surface area contributed by atoms with Crippen LogP contribution in [0.1, 0.15) is 25.0 Å². The van der Waals surface area contributed by atoms with Crippen LogP contribution in [0.5, 0.6) is 0 Å². The number of ether oxygens (including phenoxy) is 1. The second-order valence-electron chi connectivity index (χ2n) is 4.95. The van der Waals surface area contributed by atoms with E-state index in [1.807, 2.05) is 0 Å². The third-order valence-corrected chi connectivity index (χ3v) is 3.68. The summed E-state index contributed by atoms with van der Waals surface area (Å²) in [5.41, 5.74) is 3.10. The molecule has 0 unspecified atom stereocenters. The first-order valence-electron chi connectivity index (χ1n) is 5.98. The predicted molar refractivity (Wildman–Crippen MR) is 66.6 cm³/mol. The number of nitrogens with zero attached hydrogens (tertiary/aromatic N) is 1. The van der Waals surface area contributed by atoms with E-state index in [0.29, 0.717) is 0 Å². The minimum Gasteiger partial charge on any atom is -0.383 e. The molecule has 1 aliphatic heterocycles. The van der Waals surface area contributed by atoms with Crippen LogP contribution in [0, 0.1) is 0 Å². The van der Waals surface area contributed by atoms with Gasteiger partial charge in [0.15, 0.2) is 0 Å². The van der Waals surface area contributed by atoms with E-state index >= 15 is 0 Å². The van der Waals surface area contributed by atoms with Crippen LogP contribution in [-0.4, -0.2) is 31.7 Å². The number of hydrogen-bond donors (Lipinski definition) is 0. The maximum atomic E-state index is 5.18. The molecule has 0 saturated carbocycles. The summed E-state index contributed by atoms with van der Waals surface area (Å²) in [5.74, 6) is 0. The maximum Gasteiger partial charge on any atom is 0.0589 e. The average molecular weight is 219 g/mol. The molecule has 0 atom stereocenters. The minimum atomic E-state index is 0.132. The van der Waals surface area contributed by atoms with Gasteiger partial charge < -0.3 is 4.74 Å². The van der Waals surface area contributed by atoms with E-state index in [1.54, 1.807) is 7.11 Å². The Morgan fingerprint density at radius 3 is 2.81 bits per heavy atom. The van der Waals surface area contributed by atoms with Gasteiger partial charge in [0, 0.05) is 25.7 Å². The Kier molecular flexibility index (Phi) is 3.31. The molecule has 1 aliphatic rings. The van der Waals surface area contributed by atoms with Crippen molar-refractivity contribution < 1.29 is 4.74 Å². The quantitative estimate of drug-likeness (QED) is 0.774. The van der Waals surface area contributed by atoms with E-state index in [9.17, 15) is 0 Å². The molecule has 0 radical (unpaired) electrons. The summed E-state index contributed by atoms with van der Waals surface area (Å²) in [4.78, 5) is 2.51. The fraction of sp³-hybridized carbons (Fsp3) is 0.571. The first kappa shape index (κ1) is 11.6. The molecule has 0 N–H and O–H groups in total. The van der Waals surface area contributed by atoms with E-state index in [4.69, 9.17) is 4.74 Å². The molecular weight excluding hydrogens is 198 g/mol. The summed E-state index contributed by atoms with van der Waals surface area (Å²) >= 11 is 0. The van der Waals surface area contributed by atoms with Crippen molar-refractivity contribution in [1.82, 2.24) is 4.90 Å². The lowest BCUT2D eigenvalue weighted by Crippen LogP contribution is -2.47. The third-order valence-electron chi connectivity index (χ3n) is 3.68. The number of fused-ring (bicyclic) bond motifs is 1. The van der Waals surface area contributed by atoms with Gasteiger partial charge in [0.2, 0.25) is 0 Å². The molecule has 0 saturated heterocycles. The molecule has 1 heterocycles. The maximum absolute atomic E-state index is 5.18. The van der Waals surface area contributed by atoms with Crippen LogP contribution in [0.2, 0.25) is 0 Å². The van der Waals surface area contributed by atoms with Crippen LogP contribution in [0.25, 0.3) is 0 Å². The van der Waals surface area contributed by atoms with Crippen LogP contribution < -0.4 is 0 Å². The Morgan fingerprint density at radius 1 is 1.31 bits per heavy atom. The zero-order valence-corrected chi connectivity index (χ0v) is 10.5. The Hall–Kier alpha value is -0.860. The van der Waals surface area contributed by atoms with Crippen molar-refractivity contribution in [3.63, 3.8) is 0 Å². The van der Waals surface area contributed by atoms with E-state index in [-0.39, 0.29) is 5.54 Å². The second kappa shape index (κ2) is 4.56. The van der Waals surface area contributed by atoms with Gasteiger partial charge in [-0.25, -0.2) is 0 Å². The predicted octanol–water partition coefficient (Wildman–Crippen LogP) is 2.43. The molecule has 1 aromatic rings. The Morgan fingerprint density at radius 2 is 2.06 bits per heavy atom. The van der Waals surface area contributed by atoms with Crippen molar-refractivity contribution in [2.45, 2.75) is 25.8 Å². The Bertz CT molecular complexity index is 360. The number of rotatable bonds is 3. The largest absolute Gasteiger partial charge is 0.383 e. The molecule has 0 fully saturated rings. The van der Waals surface area contributed by atoms with Crippen molar-refractivity contribution in [1.29, 1.82) is 0 Å². The van der Waals surface area contributed by atoms with Gasteiger partial charge >= 0.3 is 0 Å². The monoisotopic (exact) mass is 219 g/mol. The highest BCUT2D eigenvalue weighted by atomic mass is 16.5. The van der Waals surface area contributed by atoms with Gasteiger partial charge in [0.1, 0.15) is 0 Å². The average Bonchev–Trinajstić information content (AvgIpc) is 2.28. The van der Waals surface area contributed by atoms with Gasteiger partial charge in [-0.15, -0.1) is 0 Å². The van der Waals surface area contributed by atoms with Crippen LogP contribution in [0.4, 0.5) is 0 Å². The summed E-state index contributed by atoms with van der Waals surface area (Å²) < 4.78 is 5.18. The van der Waals surface area contributed by atoms with Gasteiger partial charge in [0.05, 0.1) is 6.61 Å². The molecule has 2 rings (SSSR count). The van der Waals surface area contributed by atoms with Gasteiger partial charge in [-0.3, -0.25) is 4.90 Å². The Labute approximate surface area is 98.2 Å². The Balaban J connectivity index is 2.24. The van der Waals surface area contributed by atoms with Crippen molar-refractivity contribution in [2.24, 2.45) is 0 Å². The molecule has 16 heavy (non-hydrogen) atoms. The molecule has 0 aromatic heterocycles. The third kappa shape index (κ3) is 2.00. The van der Waals surface area contributed by atoms with Gasteiger partial charge in [-0.05, 0) is 31.4 Å². The first-order valence-corrected chi connectivity index (χ1v) is 5.98. The molecule has 2 nitrogen and oxygen atoms in total. The van der Waals surface area contributed by atoms with Crippen molar-refractivity contribution in [3.8, 4) is 0 Å². The second-order valence-corrected chi connectivity index (χ2v) is 4.95. The molecule has 0 bridgehead atoms. The van der Waals surface area contributed by atoms with Crippen molar-refractivity contribution >= 4 is 0 Å². The fourth-order valence-corrected chi connectivity index (χ4v) is 2.63. The van der Waals surface area contributed by atoms with Crippen LogP contribution >= 0.6 is 0 Å². The topological polar surface area (TPSA) is 12.5 Å². The van der Waals surface area contributed by atoms with Crippen molar-refractivity contribution in [2.75, 3.05) is 26.8 Å². The summed E-state index contributed by atoms with van der Waals surface area (Å²) in [7, 11) is 1.77. The lowest BCUT2D eigenvalue weighted by molar-refractivity contribution is 0.0677. The van der Waals surface area contributed by atoms with Crippen LogP contribution in [0.3, 0.4) is 0 Å². The number of benzene rings is 1. The smallest absolute Gasteiger partial charge is 0.0589 e. The van der Waals surface area contributed by atoms with E-state index in [0.717, 1.165) is 26.1 Å². The minimum absolute atomic E-state index is 0.132. The molecule has 0 spiro atoms. The SMILES string of the molecule is COCCN1CCc2ccccc2C1(C)C. The molecule has 88 valence electrons. The molecule has 2 heteroatoms. The zero-order chi connectivity index (χ0) is 11.6. The zero-order valence-electron chi connectivity index (χ0n) is 10.5. The summed E-state index contributed by atoms with van der Waals surface area (Å²) in [6.07, 6.45) is 1.16. The highest BCUT2D eigenvalue weighted by Gasteiger charge is 2.33. The normalized spacial score (nSPS) is 19.4. The van der Waals surface area contributed by atoms with E-state index < -0.39 is 0 Å². The molecule has 0 aliphatic carbocycles. The number of methoxy groups -OCH3 is 1. The summed E-state index contributed by atoms with van der Waals surface area (Å²) in [6, 6.07) is 8.79.